The molecule has 3 N–H and O–H groups in total. The molecule has 0 aliphatic heterocycles. The topological polar surface area (TPSA) is 90.6 Å². The first-order valence-corrected chi connectivity index (χ1v) is 7.66. The van der Waals surface area contributed by atoms with Gasteiger partial charge in [-0.3, -0.25) is 9.59 Å². The lowest BCUT2D eigenvalue weighted by atomic mass is 10.1. The predicted molar refractivity (Wildman–Crippen MR) is 96.9 cm³/mol. The van der Waals surface area contributed by atoms with Crippen LogP contribution in [0.5, 0.6) is 11.5 Å². The number of carbonyl (C=O) groups excluding carboxylic acids is 2. The highest BCUT2D eigenvalue weighted by molar-refractivity contribution is 6.03. The van der Waals surface area contributed by atoms with Crippen molar-refractivity contribution in [2.75, 3.05) is 19.5 Å². The van der Waals surface area contributed by atoms with Crippen molar-refractivity contribution in [3.05, 3.63) is 58.9 Å². The highest BCUT2D eigenvalue weighted by atomic mass is 19.1. The summed E-state index contributed by atoms with van der Waals surface area (Å²) in [6.45, 7) is 1.49. The Kier molecular flexibility index (Phi) is 5.95. The second-order valence-electron chi connectivity index (χ2n) is 5.43. The first-order valence-electron chi connectivity index (χ1n) is 7.66. The van der Waals surface area contributed by atoms with E-state index >= 15 is 0 Å². The largest absolute Gasteiger partial charge is 0.497 e. The molecule has 0 spiro atoms. The number of methoxy groups -OCH3 is 2. The molecule has 136 valence electrons. The molecule has 0 radical (unpaired) electrons. The van der Waals surface area contributed by atoms with Gasteiger partial charge in [0.1, 0.15) is 17.3 Å². The van der Waals surface area contributed by atoms with Crippen molar-refractivity contribution in [1.82, 2.24) is 0 Å². The molecule has 0 atom stereocenters. The molecule has 0 heterocycles. The summed E-state index contributed by atoms with van der Waals surface area (Å²) in [6.07, 6.45) is 2.83. The van der Waals surface area contributed by atoms with Crippen molar-refractivity contribution in [3.63, 3.8) is 0 Å². The van der Waals surface area contributed by atoms with Gasteiger partial charge in [0, 0.05) is 34.5 Å². The predicted octanol–water partition coefficient (Wildman–Crippen LogP) is 2.90. The number of hydrogen-bond acceptors (Lipinski definition) is 4. The Labute approximate surface area is 150 Å². The van der Waals surface area contributed by atoms with Crippen LogP contribution in [-0.4, -0.2) is 26.0 Å². The first-order chi connectivity index (χ1) is 12.3. The third-order valence-corrected chi connectivity index (χ3v) is 3.74. The molecule has 7 heteroatoms. The zero-order valence-electron chi connectivity index (χ0n) is 14.6. The molecule has 2 amide bonds. The summed E-state index contributed by atoms with van der Waals surface area (Å²) in [5, 5.41) is 2.54. The second kappa shape index (κ2) is 8.15. The average molecular weight is 358 g/mol. The summed E-state index contributed by atoms with van der Waals surface area (Å²) in [4.78, 5) is 23.4. The lowest BCUT2D eigenvalue weighted by Crippen LogP contribution is -2.15. The van der Waals surface area contributed by atoms with E-state index in [1.165, 1.54) is 26.2 Å². The molecule has 6 nitrogen and oxygen atoms in total. The normalized spacial score (nSPS) is 10.6. The number of nitrogens with one attached hydrogen (secondary N) is 1. The van der Waals surface area contributed by atoms with Crippen LogP contribution in [0.2, 0.25) is 0 Å². The molecular formula is C19H19FN2O4. The van der Waals surface area contributed by atoms with Crippen molar-refractivity contribution in [2.45, 2.75) is 6.92 Å². The molecule has 0 saturated heterocycles. The molecule has 2 rings (SSSR count). The van der Waals surface area contributed by atoms with Gasteiger partial charge in [-0.15, -0.1) is 0 Å². The second-order valence-corrected chi connectivity index (χ2v) is 5.43. The van der Waals surface area contributed by atoms with Crippen LogP contribution >= 0.6 is 0 Å². The SMILES string of the molecule is COc1ccc(/C=C/C(=O)Nc2cc(C(N)=O)cc(F)c2C)c(OC)c1. The zero-order chi connectivity index (χ0) is 19.3. The fraction of sp³-hybridized carbons (Fsp3) is 0.158. The Morgan fingerprint density at radius 1 is 1.15 bits per heavy atom. The van der Waals surface area contributed by atoms with Gasteiger partial charge in [0.15, 0.2) is 0 Å². The molecule has 2 aromatic rings. The highest BCUT2D eigenvalue weighted by Crippen LogP contribution is 2.26. The fourth-order valence-electron chi connectivity index (χ4n) is 2.25. The zero-order valence-corrected chi connectivity index (χ0v) is 14.6. The molecular weight excluding hydrogens is 339 g/mol. The molecule has 0 bridgehead atoms. The van der Waals surface area contributed by atoms with Crippen molar-refractivity contribution < 1.29 is 23.5 Å². The minimum Gasteiger partial charge on any atom is -0.497 e. The number of ether oxygens (including phenoxy) is 2. The van der Waals surface area contributed by atoms with Crippen LogP contribution in [-0.2, 0) is 4.79 Å². The monoisotopic (exact) mass is 358 g/mol. The van der Waals surface area contributed by atoms with Gasteiger partial charge in [0.05, 0.1) is 14.2 Å². The minimum absolute atomic E-state index is 0.0239. The van der Waals surface area contributed by atoms with Gasteiger partial charge in [-0.25, -0.2) is 4.39 Å². The Morgan fingerprint density at radius 2 is 1.88 bits per heavy atom. The summed E-state index contributed by atoms with van der Waals surface area (Å²) in [5.74, 6) is -0.744. The van der Waals surface area contributed by atoms with Crippen LogP contribution in [0.4, 0.5) is 10.1 Å². The van der Waals surface area contributed by atoms with Gasteiger partial charge >= 0.3 is 0 Å². The summed E-state index contributed by atoms with van der Waals surface area (Å²) in [6, 6.07) is 7.52. The quantitative estimate of drug-likeness (QED) is 0.777. The molecule has 0 saturated carbocycles. The van der Waals surface area contributed by atoms with Crippen LogP contribution in [0.25, 0.3) is 6.08 Å². The lowest BCUT2D eigenvalue weighted by Gasteiger charge is -2.10. The Bertz CT molecular complexity index is 878. The van der Waals surface area contributed by atoms with E-state index in [2.05, 4.69) is 5.32 Å². The van der Waals surface area contributed by atoms with E-state index in [0.29, 0.717) is 17.1 Å². The van der Waals surface area contributed by atoms with E-state index in [1.54, 1.807) is 31.4 Å². The fourth-order valence-corrected chi connectivity index (χ4v) is 2.25. The number of anilines is 1. The van der Waals surface area contributed by atoms with Gasteiger partial charge in [0.25, 0.3) is 0 Å². The van der Waals surface area contributed by atoms with E-state index in [-0.39, 0.29) is 16.8 Å². The maximum Gasteiger partial charge on any atom is 0.248 e. The van der Waals surface area contributed by atoms with E-state index in [4.69, 9.17) is 15.2 Å². The lowest BCUT2D eigenvalue weighted by molar-refractivity contribution is -0.111. The third kappa shape index (κ3) is 4.38. The van der Waals surface area contributed by atoms with Crippen molar-refractivity contribution in [3.8, 4) is 11.5 Å². The van der Waals surface area contributed by atoms with Gasteiger partial charge in [-0.05, 0) is 37.3 Å². The average Bonchev–Trinajstić information content (AvgIpc) is 2.63. The molecule has 0 fully saturated rings. The Balaban J connectivity index is 2.21. The maximum absolute atomic E-state index is 13.9. The number of rotatable bonds is 6. The van der Waals surface area contributed by atoms with E-state index in [0.717, 1.165) is 6.07 Å². The van der Waals surface area contributed by atoms with Crippen LogP contribution in [0.15, 0.2) is 36.4 Å². The molecule has 0 unspecified atom stereocenters. The number of amides is 2. The Morgan fingerprint density at radius 3 is 2.50 bits per heavy atom. The van der Waals surface area contributed by atoms with Gasteiger partial charge in [-0.2, -0.15) is 0 Å². The third-order valence-electron chi connectivity index (χ3n) is 3.74. The van der Waals surface area contributed by atoms with Crippen LogP contribution in [0, 0.1) is 12.7 Å². The number of benzene rings is 2. The molecule has 26 heavy (non-hydrogen) atoms. The molecule has 0 aromatic heterocycles. The van der Waals surface area contributed by atoms with Gasteiger partial charge < -0.3 is 20.5 Å². The summed E-state index contributed by atoms with van der Waals surface area (Å²) in [7, 11) is 3.05. The van der Waals surface area contributed by atoms with Crippen molar-refractivity contribution in [1.29, 1.82) is 0 Å². The summed E-state index contributed by atoms with van der Waals surface area (Å²) in [5.41, 5.74) is 6.19. The van der Waals surface area contributed by atoms with Crippen LogP contribution in [0.3, 0.4) is 0 Å². The van der Waals surface area contributed by atoms with Crippen molar-refractivity contribution in [2.24, 2.45) is 5.73 Å². The van der Waals surface area contributed by atoms with Crippen LogP contribution < -0.4 is 20.5 Å². The van der Waals surface area contributed by atoms with Gasteiger partial charge in [0.2, 0.25) is 11.8 Å². The van der Waals surface area contributed by atoms with Crippen LogP contribution in [0.1, 0.15) is 21.5 Å². The number of primary amides is 1. The number of carbonyl (C=O) groups is 2. The standard InChI is InChI=1S/C19H19FN2O4/c1-11-15(20)8-13(19(21)24)9-16(11)22-18(23)7-5-12-4-6-14(25-2)10-17(12)26-3/h4-10H,1-3H3,(H2,21,24)(H,22,23)/b7-5+. The number of halogens is 1. The summed E-state index contributed by atoms with van der Waals surface area (Å²) < 4.78 is 24.2. The van der Waals surface area contributed by atoms with Gasteiger partial charge in [-0.1, -0.05) is 0 Å². The van der Waals surface area contributed by atoms with E-state index < -0.39 is 17.6 Å². The number of nitrogens with two attached hydrogens (primary N) is 1. The molecule has 2 aromatic carbocycles. The smallest absolute Gasteiger partial charge is 0.248 e. The van der Waals surface area contributed by atoms with E-state index in [1.807, 2.05) is 0 Å². The highest BCUT2D eigenvalue weighted by Gasteiger charge is 2.12. The number of hydrogen-bond donors (Lipinski definition) is 2. The molecule has 0 aliphatic carbocycles. The van der Waals surface area contributed by atoms with E-state index in [9.17, 15) is 14.0 Å². The maximum atomic E-state index is 13.9. The molecule has 0 aliphatic rings. The Hall–Kier alpha value is -3.35. The summed E-state index contributed by atoms with van der Waals surface area (Å²) >= 11 is 0. The minimum atomic E-state index is -0.780. The first kappa shape index (κ1) is 19.0. The van der Waals surface area contributed by atoms with Crippen molar-refractivity contribution >= 4 is 23.6 Å².